The standard InChI is InChI=1S/C13H13Br3N2S/c1-2-17-12(5-10-3-9(15)7-19-10)13-11(16)4-8(14)6-18-13/h3-4,6-7,12,17H,2,5H2,1H3. The number of thiophene rings is 1. The van der Waals surface area contributed by atoms with Crippen molar-refractivity contribution >= 4 is 59.1 Å². The lowest BCUT2D eigenvalue weighted by Gasteiger charge is -2.18. The number of likely N-dealkylation sites (N-methyl/N-ethyl adjacent to an activating group) is 1. The molecule has 102 valence electrons. The average molecular weight is 469 g/mol. The number of pyridine rings is 1. The highest BCUT2D eigenvalue weighted by Gasteiger charge is 2.17. The topological polar surface area (TPSA) is 24.9 Å². The zero-order chi connectivity index (χ0) is 13.8. The highest BCUT2D eigenvalue weighted by molar-refractivity contribution is 9.11. The van der Waals surface area contributed by atoms with Crippen molar-refractivity contribution < 1.29 is 0 Å². The molecule has 2 aromatic rings. The largest absolute Gasteiger partial charge is 0.309 e. The summed E-state index contributed by atoms with van der Waals surface area (Å²) in [5.74, 6) is 0. The van der Waals surface area contributed by atoms with E-state index in [1.165, 1.54) is 4.88 Å². The molecule has 2 nitrogen and oxygen atoms in total. The maximum Gasteiger partial charge on any atom is 0.0719 e. The average Bonchev–Trinajstić information content (AvgIpc) is 2.74. The Balaban J connectivity index is 2.23. The first-order valence-corrected chi connectivity index (χ1v) is 9.13. The van der Waals surface area contributed by atoms with E-state index in [1.807, 2.05) is 12.3 Å². The molecule has 2 rings (SSSR count). The molecule has 0 spiro atoms. The third kappa shape index (κ3) is 4.36. The van der Waals surface area contributed by atoms with Gasteiger partial charge < -0.3 is 5.32 Å². The number of hydrogen-bond acceptors (Lipinski definition) is 3. The summed E-state index contributed by atoms with van der Waals surface area (Å²) >= 11 is 12.3. The molecule has 1 N–H and O–H groups in total. The van der Waals surface area contributed by atoms with Gasteiger partial charge in [0.15, 0.2) is 0 Å². The summed E-state index contributed by atoms with van der Waals surface area (Å²) in [6, 6.07) is 4.43. The Morgan fingerprint density at radius 2 is 2.05 bits per heavy atom. The van der Waals surface area contributed by atoms with Crippen LogP contribution in [-0.2, 0) is 6.42 Å². The number of halogens is 3. The number of rotatable bonds is 5. The highest BCUT2D eigenvalue weighted by Crippen LogP contribution is 2.29. The Labute approximate surface area is 142 Å². The van der Waals surface area contributed by atoms with Gasteiger partial charge in [-0.1, -0.05) is 6.92 Å². The lowest BCUT2D eigenvalue weighted by molar-refractivity contribution is 0.537. The van der Waals surface area contributed by atoms with Crippen molar-refractivity contribution in [1.82, 2.24) is 10.3 Å². The molecule has 1 atom stereocenters. The minimum atomic E-state index is 0.220. The summed E-state index contributed by atoms with van der Waals surface area (Å²) in [5, 5.41) is 5.61. The lowest BCUT2D eigenvalue weighted by atomic mass is 10.1. The Hall–Kier alpha value is 0.250. The van der Waals surface area contributed by atoms with E-state index >= 15 is 0 Å². The van der Waals surface area contributed by atoms with Crippen LogP contribution in [0.5, 0.6) is 0 Å². The number of aromatic nitrogens is 1. The van der Waals surface area contributed by atoms with E-state index in [-0.39, 0.29) is 6.04 Å². The maximum absolute atomic E-state index is 4.54. The van der Waals surface area contributed by atoms with Gasteiger partial charge in [0, 0.05) is 36.3 Å². The normalized spacial score (nSPS) is 12.6. The monoisotopic (exact) mass is 466 g/mol. The van der Waals surface area contributed by atoms with Crippen LogP contribution in [0.15, 0.2) is 37.1 Å². The van der Waals surface area contributed by atoms with E-state index in [4.69, 9.17) is 0 Å². The van der Waals surface area contributed by atoms with Crippen LogP contribution in [0.1, 0.15) is 23.5 Å². The summed E-state index contributed by atoms with van der Waals surface area (Å²) in [6.07, 6.45) is 2.78. The molecule has 2 heterocycles. The summed E-state index contributed by atoms with van der Waals surface area (Å²) in [7, 11) is 0. The smallest absolute Gasteiger partial charge is 0.0719 e. The summed E-state index contributed by atoms with van der Waals surface area (Å²) in [4.78, 5) is 5.88. The quantitative estimate of drug-likeness (QED) is 0.642. The fourth-order valence-corrected chi connectivity index (χ4v) is 4.62. The molecule has 0 fully saturated rings. The molecule has 0 saturated heterocycles. The van der Waals surface area contributed by atoms with Crippen molar-refractivity contribution in [3.63, 3.8) is 0 Å². The first-order chi connectivity index (χ1) is 9.10. The van der Waals surface area contributed by atoms with Gasteiger partial charge in [0.25, 0.3) is 0 Å². The summed E-state index contributed by atoms with van der Waals surface area (Å²) in [5.41, 5.74) is 1.05. The SMILES string of the molecule is CCNC(Cc1cc(Br)cs1)c1ncc(Br)cc1Br. The van der Waals surface area contributed by atoms with Crippen LogP contribution in [-0.4, -0.2) is 11.5 Å². The van der Waals surface area contributed by atoms with Gasteiger partial charge in [0.1, 0.15) is 0 Å². The van der Waals surface area contributed by atoms with Crippen LogP contribution in [0.25, 0.3) is 0 Å². The predicted octanol–water partition coefficient (Wildman–Crippen LogP) is 5.32. The van der Waals surface area contributed by atoms with Gasteiger partial charge in [0.2, 0.25) is 0 Å². The molecule has 19 heavy (non-hydrogen) atoms. The van der Waals surface area contributed by atoms with E-state index in [0.717, 1.165) is 32.1 Å². The Kier molecular flexibility index (Phi) is 6.02. The van der Waals surface area contributed by atoms with Gasteiger partial charge in [-0.15, -0.1) is 11.3 Å². The predicted molar refractivity (Wildman–Crippen MR) is 91.8 cm³/mol. The van der Waals surface area contributed by atoms with Crippen molar-refractivity contribution in [2.75, 3.05) is 6.54 Å². The van der Waals surface area contributed by atoms with Crippen LogP contribution in [0, 0.1) is 0 Å². The Morgan fingerprint density at radius 3 is 2.63 bits per heavy atom. The van der Waals surface area contributed by atoms with Crippen LogP contribution in [0.4, 0.5) is 0 Å². The van der Waals surface area contributed by atoms with E-state index in [9.17, 15) is 0 Å². The van der Waals surface area contributed by atoms with E-state index in [1.54, 1.807) is 11.3 Å². The first-order valence-electron chi connectivity index (χ1n) is 5.87. The fourth-order valence-electron chi connectivity index (χ4n) is 1.86. The number of hydrogen-bond donors (Lipinski definition) is 1. The molecule has 2 aromatic heterocycles. The summed E-state index contributed by atoms with van der Waals surface area (Å²) < 4.78 is 3.16. The van der Waals surface area contributed by atoms with Crippen molar-refractivity contribution in [1.29, 1.82) is 0 Å². The highest BCUT2D eigenvalue weighted by atomic mass is 79.9. The van der Waals surface area contributed by atoms with Crippen LogP contribution in [0.2, 0.25) is 0 Å². The lowest BCUT2D eigenvalue weighted by Crippen LogP contribution is -2.24. The molecule has 0 aromatic carbocycles. The second kappa shape index (κ2) is 7.31. The van der Waals surface area contributed by atoms with Gasteiger partial charge in [0.05, 0.1) is 11.7 Å². The van der Waals surface area contributed by atoms with Gasteiger partial charge in [-0.3, -0.25) is 4.98 Å². The van der Waals surface area contributed by atoms with Gasteiger partial charge in [-0.25, -0.2) is 0 Å². The molecule has 6 heteroatoms. The van der Waals surface area contributed by atoms with Crippen LogP contribution < -0.4 is 5.32 Å². The third-order valence-electron chi connectivity index (χ3n) is 2.64. The molecule has 0 bridgehead atoms. The third-order valence-corrected chi connectivity index (χ3v) is 5.43. The van der Waals surface area contributed by atoms with Crippen molar-refractivity contribution in [3.05, 3.63) is 47.7 Å². The Morgan fingerprint density at radius 1 is 1.26 bits per heavy atom. The fraction of sp³-hybridized carbons (Fsp3) is 0.308. The molecule has 0 aliphatic rings. The van der Waals surface area contributed by atoms with Crippen molar-refractivity contribution in [2.45, 2.75) is 19.4 Å². The number of nitrogens with zero attached hydrogens (tertiary/aromatic N) is 1. The van der Waals surface area contributed by atoms with Gasteiger partial charge >= 0.3 is 0 Å². The molecule has 1 unspecified atom stereocenters. The van der Waals surface area contributed by atoms with Crippen molar-refractivity contribution in [3.8, 4) is 0 Å². The minimum absolute atomic E-state index is 0.220. The molecular weight excluding hydrogens is 456 g/mol. The van der Waals surface area contributed by atoms with E-state index in [2.05, 4.69) is 76.5 Å². The molecule has 0 saturated carbocycles. The van der Waals surface area contributed by atoms with Gasteiger partial charge in [-0.2, -0.15) is 0 Å². The molecular formula is C13H13Br3N2S. The molecule has 0 radical (unpaired) electrons. The zero-order valence-electron chi connectivity index (χ0n) is 10.3. The second-order valence-electron chi connectivity index (χ2n) is 4.07. The molecule has 0 amide bonds. The second-order valence-corrected chi connectivity index (χ2v) is 7.75. The minimum Gasteiger partial charge on any atom is -0.309 e. The zero-order valence-corrected chi connectivity index (χ0v) is 15.9. The van der Waals surface area contributed by atoms with E-state index < -0.39 is 0 Å². The van der Waals surface area contributed by atoms with E-state index in [0.29, 0.717) is 0 Å². The maximum atomic E-state index is 4.54. The molecule has 0 aliphatic carbocycles. The van der Waals surface area contributed by atoms with Crippen molar-refractivity contribution in [2.24, 2.45) is 0 Å². The summed E-state index contributed by atoms with van der Waals surface area (Å²) in [6.45, 7) is 3.03. The van der Waals surface area contributed by atoms with Crippen LogP contribution in [0.3, 0.4) is 0 Å². The number of nitrogens with one attached hydrogen (secondary N) is 1. The Bertz CT molecular complexity index is 557. The van der Waals surface area contributed by atoms with Gasteiger partial charge in [-0.05, 0) is 66.5 Å². The van der Waals surface area contributed by atoms with Crippen LogP contribution >= 0.6 is 59.1 Å². The molecule has 0 aliphatic heterocycles. The first kappa shape index (κ1) is 15.6.